The molecule has 0 bridgehead atoms. The number of anilines is 1. The summed E-state index contributed by atoms with van der Waals surface area (Å²) in [4.78, 5) is 29.0. The van der Waals surface area contributed by atoms with Crippen LogP contribution in [0.25, 0.3) is 0 Å². The maximum Gasteiger partial charge on any atom is 0.244 e. The number of hydrogen-bond acceptors (Lipinski definition) is 4. The molecule has 0 saturated carbocycles. The monoisotopic (exact) mass is 633 g/mol. The van der Waals surface area contributed by atoms with Gasteiger partial charge in [0.2, 0.25) is 21.8 Å². The molecule has 0 fully saturated rings. The molecule has 208 valence electrons. The van der Waals surface area contributed by atoms with Gasteiger partial charge in [-0.15, -0.1) is 0 Å². The Hall–Kier alpha value is -2.88. The molecular weight excluding hydrogens is 602 g/mol. The first kappa shape index (κ1) is 30.7. The number of nitrogens with one attached hydrogen (secondary N) is 1. The fourth-order valence-electron chi connectivity index (χ4n) is 4.10. The zero-order valence-electron chi connectivity index (χ0n) is 22.2. The summed E-state index contributed by atoms with van der Waals surface area (Å²) in [5.41, 5.74) is 2.74. The molecule has 39 heavy (non-hydrogen) atoms. The van der Waals surface area contributed by atoms with Gasteiger partial charge >= 0.3 is 0 Å². The van der Waals surface area contributed by atoms with Crippen LogP contribution in [-0.4, -0.2) is 50.5 Å². The van der Waals surface area contributed by atoms with Gasteiger partial charge in [0.25, 0.3) is 0 Å². The van der Waals surface area contributed by atoms with E-state index in [0.29, 0.717) is 11.6 Å². The largest absolute Gasteiger partial charge is 0.354 e. The quantitative estimate of drug-likeness (QED) is 0.291. The Kier molecular flexibility index (Phi) is 11.0. The van der Waals surface area contributed by atoms with E-state index in [1.54, 1.807) is 12.1 Å². The normalized spacial score (nSPS) is 12.0. The molecular formula is C29H33BrClN3O4S. The minimum atomic E-state index is -3.86. The third-order valence-electron chi connectivity index (χ3n) is 6.18. The molecule has 3 aromatic carbocycles. The molecule has 1 N–H and O–H groups in total. The molecule has 0 radical (unpaired) electrons. The van der Waals surface area contributed by atoms with E-state index in [2.05, 4.69) is 21.2 Å². The average Bonchev–Trinajstić information content (AvgIpc) is 2.89. The second-order valence-corrected chi connectivity index (χ2v) is 12.6. The first-order valence-electron chi connectivity index (χ1n) is 12.6. The number of hydrogen-bond donors (Lipinski definition) is 1. The molecule has 1 atom stereocenters. The zero-order valence-corrected chi connectivity index (χ0v) is 25.4. The van der Waals surface area contributed by atoms with Crippen LogP contribution in [0.2, 0.25) is 5.02 Å². The summed E-state index contributed by atoms with van der Waals surface area (Å²) in [6, 6.07) is 20.9. The number of benzene rings is 3. The summed E-state index contributed by atoms with van der Waals surface area (Å²) in [5.74, 6) is -0.807. The van der Waals surface area contributed by atoms with Crippen LogP contribution in [0.5, 0.6) is 0 Å². The maximum absolute atomic E-state index is 14.0. The molecule has 0 aliphatic heterocycles. The fraction of sp³-hybridized carbons (Fsp3) is 0.310. The Labute approximate surface area is 244 Å². The lowest BCUT2D eigenvalue weighted by molar-refractivity contribution is -0.140. The number of aryl methyl sites for hydroxylation is 1. The van der Waals surface area contributed by atoms with Gasteiger partial charge in [-0.3, -0.25) is 13.9 Å². The van der Waals surface area contributed by atoms with Crippen molar-refractivity contribution in [1.82, 2.24) is 10.2 Å². The van der Waals surface area contributed by atoms with Gasteiger partial charge in [0.15, 0.2) is 0 Å². The smallest absolute Gasteiger partial charge is 0.244 e. The molecule has 3 rings (SSSR count). The SMILES string of the molecule is CCCNC(=O)[C@H](Cc1ccccc1)N(Cc1cccc(Br)c1)C(=O)CN(c1ccc(C)c(Cl)c1)S(C)(=O)=O. The van der Waals surface area contributed by atoms with Crippen molar-refractivity contribution in [3.63, 3.8) is 0 Å². The predicted molar refractivity (Wildman–Crippen MR) is 160 cm³/mol. The fourth-order valence-corrected chi connectivity index (χ4v) is 5.57. The molecule has 3 aromatic rings. The number of carbonyl (C=O) groups excluding carboxylic acids is 2. The van der Waals surface area contributed by atoms with Crippen molar-refractivity contribution in [2.24, 2.45) is 0 Å². The molecule has 0 aromatic heterocycles. The van der Waals surface area contributed by atoms with Crippen molar-refractivity contribution < 1.29 is 18.0 Å². The van der Waals surface area contributed by atoms with Gasteiger partial charge in [-0.05, 0) is 54.3 Å². The zero-order chi connectivity index (χ0) is 28.6. The average molecular weight is 635 g/mol. The summed E-state index contributed by atoms with van der Waals surface area (Å²) in [6.45, 7) is 3.85. The van der Waals surface area contributed by atoms with Crippen LogP contribution < -0.4 is 9.62 Å². The van der Waals surface area contributed by atoms with Crippen LogP contribution in [0.3, 0.4) is 0 Å². The van der Waals surface area contributed by atoms with Gasteiger partial charge < -0.3 is 10.2 Å². The van der Waals surface area contributed by atoms with Crippen LogP contribution in [0.1, 0.15) is 30.0 Å². The van der Waals surface area contributed by atoms with E-state index < -0.39 is 28.5 Å². The molecule has 0 aliphatic carbocycles. The number of amides is 2. The van der Waals surface area contributed by atoms with Crippen LogP contribution in [0.4, 0.5) is 5.69 Å². The lowest BCUT2D eigenvalue weighted by Gasteiger charge is -2.33. The highest BCUT2D eigenvalue weighted by atomic mass is 79.9. The summed E-state index contributed by atoms with van der Waals surface area (Å²) < 4.78 is 27.6. The van der Waals surface area contributed by atoms with Gasteiger partial charge in [0, 0.05) is 29.0 Å². The van der Waals surface area contributed by atoms with E-state index in [0.717, 1.165) is 38.1 Å². The van der Waals surface area contributed by atoms with Gasteiger partial charge in [0.05, 0.1) is 11.9 Å². The second-order valence-electron chi connectivity index (χ2n) is 9.35. The molecule has 0 aliphatic rings. The van der Waals surface area contributed by atoms with Gasteiger partial charge in [-0.1, -0.05) is 83.0 Å². The number of rotatable bonds is 12. The Morgan fingerprint density at radius 1 is 1.00 bits per heavy atom. The van der Waals surface area contributed by atoms with Crippen molar-refractivity contribution in [2.45, 2.75) is 39.3 Å². The standard InChI is InChI=1S/C29H33BrClN3O4S/c1-4-15-32-29(36)27(17-22-9-6-5-7-10-22)33(19-23-11-8-12-24(30)16-23)28(35)20-34(39(3,37)38)25-14-13-21(2)26(31)18-25/h5-14,16,18,27H,4,15,17,19-20H2,1-3H3,(H,32,36)/t27-/m0/s1. The number of carbonyl (C=O) groups is 2. The minimum absolute atomic E-state index is 0.113. The molecule has 7 nitrogen and oxygen atoms in total. The topological polar surface area (TPSA) is 86.8 Å². The van der Waals surface area contributed by atoms with Gasteiger partial charge in [-0.2, -0.15) is 0 Å². The third kappa shape index (κ3) is 8.81. The van der Waals surface area contributed by atoms with Crippen LogP contribution in [0.15, 0.2) is 77.3 Å². The van der Waals surface area contributed by atoms with E-state index in [-0.39, 0.29) is 24.6 Å². The van der Waals surface area contributed by atoms with Crippen LogP contribution in [-0.2, 0) is 32.6 Å². The molecule has 0 heterocycles. The summed E-state index contributed by atoms with van der Waals surface area (Å²) in [5, 5.41) is 3.31. The van der Waals surface area contributed by atoms with E-state index >= 15 is 0 Å². The Morgan fingerprint density at radius 3 is 2.31 bits per heavy atom. The minimum Gasteiger partial charge on any atom is -0.354 e. The number of sulfonamides is 1. The highest BCUT2D eigenvalue weighted by molar-refractivity contribution is 9.10. The van der Waals surface area contributed by atoms with Crippen LogP contribution in [0, 0.1) is 6.92 Å². The lowest BCUT2D eigenvalue weighted by atomic mass is 10.0. The first-order valence-corrected chi connectivity index (χ1v) is 15.6. The Bertz CT molecular complexity index is 1400. The molecule has 10 heteroatoms. The van der Waals surface area contributed by atoms with Crippen molar-refractivity contribution in [1.29, 1.82) is 0 Å². The van der Waals surface area contributed by atoms with Crippen molar-refractivity contribution in [3.8, 4) is 0 Å². The molecule has 0 spiro atoms. The molecule has 0 unspecified atom stereocenters. The first-order chi connectivity index (χ1) is 18.5. The van der Waals surface area contributed by atoms with Crippen molar-refractivity contribution in [2.75, 3.05) is 23.7 Å². The van der Waals surface area contributed by atoms with E-state index in [1.807, 2.05) is 68.4 Å². The highest BCUT2D eigenvalue weighted by Gasteiger charge is 2.33. The number of nitrogens with zero attached hydrogens (tertiary/aromatic N) is 2. The Morgan fingerprint density at radius 2 is 1.69 bits per heavy atom. The third-order valence-corrected chi connectivity index (χ3v) is 8.23. The molecule has 2 amide bonds. The maximum atomic E-state index is 14.0. The van der Waals surface area contributed by atoms with Crippen LogP contribution >= 0.6 is 27.5 Å². The highest BCUT2D eigenvalue weighted by Crippen LogP contribution is 2.26. The lowest BCUT2D eigenvalue weighted by Crippen LogP contribution is -2.53. The van der Waals surface area contributed by atoms with Crippen molar-refractivity contribution in [3.05, 3.63) is 99.0 Å². The summed E-state index contributed by atoms with van der Waals surface area (Å²) >= 11 is 9.76. The summed E-state index contributed by atoms with van der Waals surface area (Å²) in [6.07, 6.45) is 2.05. The molecule has 0 saturated heterocycles. The Balaban J connectivity index is 2.05. The van der Waals surface area contributed by atoms with E-state index in [1.165, 1.54) is 11.0 Å². The second kappa shape index (κ2) is 14.0. The van der Waals surface area contributed by atoms with Gasteiger partial charge in [-0.25, -0.2) is 8.42 Å². The number of halogens is 2. The summed E-state index contributed by atoms with van der Waals surface area (Å²) in [7, 11) is -3.86. The van der Waals surface area contributed by atoms with E-state index in [4.69, 9.17) is 11.6 Å². The van der Waals surface area contributed by atoms with E-state index in [9.17, 15) is 18.0 Å². The van der Waals surface area contributed by atoms with Crippen molar-refractivity contribution >= 4 is 55.1 Å². The predicted octanol–water partition coefficient (Wildman–Crippen LogP) is 5.34. The van der Waals surface area contributed by atoms with Gasteiger partial charge in [0.1, 0.15) is 12.6 Å².